The molecule has 4 rings (SSSR count). The maximum atomic E-state index is 12.3. The molecule has 0 radical (unpaired) electrons. The minimum absolute atomic E-state index is 0.106. The maximum Gasteiger partial charge on any atom is 0.243 e. The Kier molecular flexibility index (Phi) is 4.79. The van der Waals surface area contributed by atoms with E-state index in [1.54, 1.807) is 0 Å². The summed E-state index contributed by atoms with van der Waals surface area (Å²) in [6.07, 6.45) is 0.939. The lowest BCUT2D eigenvalue weighted by Gasteiger charge is -2.12. The molecule has 1 aliphatic carbocycles. The lowest BCUT2D eigenvalue weighted by molar-refractivity contribution is -0.114. The zero-order chi connectivity index (χ0) is 18.6. The molecule has 0 atom stereocenters. The van der Waals surface area contributed by atoms with Crippen molar-refractivity contribution < 1.29 is 9.53 Å². The standard InChI is InChI=1S/C23H22N2O2/c1-2-27-22-10-6-5-9-21(22)25-23(26)15-24-18-11-12-20-17(14-18)13-16-7-3-4-8-19(16)20/h3-12,14,24H,2,13,15H2,1H3,(H,25,26). The Bertz CT molecular complexity index is 982. The topological polar surface area (TPSA) is 50.4 Å². The van der Waals surface area contributed by atoms with Crippen LogP contribution in [0.3, 0.4) is 0 Å². The van der Waals surface area contributed by atoms with E-state index < -0.39 is 0 Å². The van der Waals surface area contributed by atoms with Gasteiger partial charge in [-0.2, -0.15) is 0 Å². The monoisotopic (exact) mass is 358 g/mol. The average Bonchev–Trinajstić information content (AvgIpc) is 3.06. The minimum atomic E-state index is -0.106. The smallest absolute Gasteiger partial charge is 0.243 e. The summed E-state index contributed by atoms with van der Waals surface area (Å²) in [6.45, 7) is 2.68. The van der Waals surface area contributed by atoms with E-state index in [4.69, 9.17) is 4.74 Å². The first kappa shape index (κ1) is 17.2. The van der Waals surface area contributed by atoms with E-state index in [1.807, 2.05) is 37.3 Å². The molecule has 3 aromatic rings. The molecule has 3 aromatic carbocycles. The third-order valence-electron chi connectivity index (χ3n) is 4.71. The van der Waals surface area contributed by atoms with Crippen molar-refractivity contribution in [2.24, 2.45) is 0 Å². The van der Waals surface area contributed by atoms with Crippen molar-refractivity contribution >= 4 is 17.3 Å². The number of carbonyl (C=O) groups is 1. The van der Waals surface area contributed by atoms with Gasteiger partial charge in [0.2, 0.25) is 5.91 Å². The van der Waals surface area contributed by atoms with Crippen LogP contribution in [-0.2, 0) is 11.2 Å². The van der Waals surface area contributed by atoms with Crippen molar-refractivity contribution in [3.05, 3.63) is 77.9 Å². The van der Waals surface area contributed by atoms with Crippen molar-refractivity contribution in [2.75, 3.05) is 23.8 Å². The number of carbonyl (C=O) groups excluding carboxylic acids is 1. The predicted octanol–water partition coefficient (Wildman–Crippen LogP) is 4.71. The second-order valence-electron chi connectivity index (χ2n) is 6.54. The van der Waals surface area contributed by atoms with Crippen molar-refractivity contribution in [3.63, 3.8) is 0 Å². The Morgan fingerprint density at radius 2 is 1.74 bits per heavy atom. The Morgan fingerprint density at radius 1 is 0.963 bits per heavy atom. The molecule has 0 saturated heterocycles. The highest BCUT2D eigenvalue weighted by Gasteiger charge is 2.18. The molecular formula is C23H22N2O2. The van der Waals surface area contributed by atoms with E-state index >= 15 is 0 Å². The fourth-order valence-corrected chi connectivity index (χ4v) is 3.48. The summed E-state index contributed by atoms with van der Waals surface area (Å²) in [7, 11) is 0. The van der Waals surface area contributed by atoms with Gasteiger partial charge in [-0.15, -0.1) is 0 Å². The highest BCUT2D eigenvalue weighted by Crippen LogP contribution is 2.37. The molecule has 4 heteroatoms. The van der Waals surface area contributed by atoms with Crippen molar-refractivity contribution in [3.8, 4) is 16.9 Å². The number of benzene rings is 3. The molecule has 1 aliphatic rings. The van der Waals surface area contributed by atoms with E-state index in [1.165, 1.54) is 22.3 Å². The molecule has 0 heterocycles. The second kappa shape index (κ2) is 7.54. The highest BCUT2D eigenvalue weighted by molar-refractivity contribution is 5.95. The fraction of sp³-hybridized carbons (Fsp3) is 0.174. The number of fused-ring (bicyclic) bond motifs is 3. The van der Waals surface area contributed by atoms with Crippen LogP contribution in [-0.4, -0.2) is 19.1 Å². The van der Waals surface area contributed by atoms with Gasteiger partial charge in [-0.3, -0.25) is 4.79 Å². The summed E-state index contributed by atoms with van der Waals surface area (Å²) < 4.78 is 5.55. The summed E-state index contributed by atoms with van der Waals surface area (Å²) in [6, 6.07) is 22.2. The van der Waals surface area contributed by atoms with E-state index in [9.17, 15) is 4.79 Å². The number of anilines is 2. The van der Waals surface area contributed by atoms with Crippen LogP contribution in [0, 0.1) is 0 Å². The first-order valence-electron chi connectivity index (χ1n) is 9.21. The number of rotatable bonds is 6. The average molecular weight is 358 g/mol. The fourth-order valence-electron chi connectivity index (χ4n) is 3.48. The third kappa shape index (κ3) is 3.65. The van der Waals surface area contributed by atoms with Gasteiger partial charge in [0, 0.05) is 5.69 Å². The van der Waals surface area contributed by atoms with E-state index in [-0.39, 0.29) is 12.5 Å². The lowest BCUT2D eigenvalue weighted by atomic mass is 10.1. The summed E-state index contributed by atoms with van der Waals surface area (Å²) >= 11 is 0. The van der Waals surface area contributed by atoms with Gasteiger partial charge < -0.3 is 15.4 Å². The molecule has 136 valence electrons. The zero-order valence-electron chi connectivity index (χ0n) is 15.3. The van der Waals surface area contributed by atoms with E-state index in [2.05, 4.69) is 47.0 Å². The largest absolute Gasteiger partial charge is 0.492 e. The summed E-state index contributed by atoms with van der Waals surface area (Å²) in [5.41, 5.74) is 6.89. The van der Waals surface area contributed by atoms with E-state index in [0.29, 0.717) is 18.0 Å². The van der Waals surface area contributed by atoms with Crippen LogP contribution in [0.25, 0.3) is 11.1 Å². The number of hydrogen-bond donors (Lipinski definition) is 2. The number of nitrogens with one attached hydrogen (secondary N) is 2. The second-order valence-corrected chi connectivity index (χ2v) is 6.54. The Morgan fingerprint density at radius 3 is 2.63 bits per heavy atom. The molecule has 0 bridgehead atoms. The van der Waals surface area contributed by atoms with Gasteiger partial charge in [0.1, 0.15) is 5.75 Å². The molecule has 0 saturated carbocycles. The zero-order valence-corrected chi connectivity index (χ0v) is 15.3. The van der Waals surface area contributed by atoms with Crippen LogP contribution >= 0.6 is 0 Å². The Labute approximate surface area is 159 Å². The van der Waals surface area contributed by atoms with Crippen LogP contribution in [0.4, 0.5) is 11.4 Å². The first-order valence-corrected chi connectivity index (χ1v) is 9.21. The van der Waals surface area contributed by atoms with Gasteiger partial charge in [0.15, 0.2) is 0 Å². The quantitative estimate of drug-likeness (QED) is 0.525. The molecule has 0 aromatic heterocycles. The summed E-state index contributed by atoms with van der Waals surface area (Å²) in [5.74, 6) is 0.578. The molecule has 2 N–H and O–H groups in total. The first-order chi connectivity index (χ1) is 13.2. The van der Waals surface area contributed by atoms with Crippen LogP contribution < -0.4 is 15.4 Å². The van der Waals surface area contributed by atoms with Crippen molar-refractivity contribution in [1.82, 2.24) is 0 Å². The number of hydrogen-bond acceptors (Lipinski definition) is 3. The molecule has 0 unspecified atom stereocenters. The normalized spacial score (nSPS) is 11.4. The van der Waals surface area contributed by atoms with Crippen LogP contribution in [0.15, 0.2) is 66.7 Å². The minimum Gasteiger partial charge on any atom is -0.492 e. The summed E-state index contributed by atoms with van der Waals surface area (Å²) in [5, 5.41) is 6.13. The molecule has 1 amide bonds. The van der Waals surface area contributed by atoms with Crippen molar-refractivity contribution in [2.45, 2.75) is 13.3 Å². The molecule has 0 aliphatic heterocycles. The van der Waals surface area contributed by atoms with E-state index in [0.717, 1.165) is 12.1 Å². The Hall–Kier alpha value is -3.27. The molecule has 0 fully saturated rings. The van der Waals surface area contributed by atoms with Crippen LogP contribution in [0.2, 0.25) is 0 Å². The van der Waals surface area contributed by atoms with Gasteiger partial charge in [0.05, 0.1) is 18.8 Å². The third-order valence-corrected chi connectivity index (χ3v) is 4.71. The maximum absolute atomic E-state index is 12.3. The van der Waals surface area contributed by atoms with Gasteiger partial charge in [-0.1, -0.05) is 42.5 Å². The van der Waals surface area contributed by atoms with Gasteiger partial charge in [-0.05, 0) is 59.9 Å². The molecule has 27 heavy (non-hydrogen) atoms. The van der Waals surface area contributed by atoms with Gasteiger partial charge >= 0.3 is 0 Å². The number of amides is 1. The van der Waals surface area contributed by atoms with Crippen molar-refractivity contribution in [1.29, 1.82) is 0 Å². The SMILES string of the molecule is CCOc1ccccc1NC(=O)CNc1ccc2c(c1)Cc1ccccc1-2. The predicted molar refractivity (Wildman–Crippen MR) is 109 cm³/mol. The van der Waals surface area contributed by atoms with Gasteiger partial charge in [-0.25, -0.2) is 0 Å². The number of ether oxygens (including phenoxy) is 1. The molecular weight excluding hydrogens is 336 g/mol. The lowest BCUT2D eigenvalue weighted by Crippen LogP contribution is -2.22. The summed E-state index contributed by atoms with van der Waals surface area (Å²) in [4.78, 5) is 12.3. The molecule has 4 nitrogen and oxygen atoms in total. The Balaban J connectivity index is 1.40. The highest BCUT2D eigenvalue weighted by atomic mass is 16.5. The van der Waals surface area contributed by atoms with Crippen LogP contribution in [0.5, 0.6) is 5.75 Å². The van der Waals surface area contributed by atoms with Gasteiger partial charge in [0.25, 0.3) is 0 Å². The number of para-hydroxylation sites is 2. The molecule has 0 spiro atoms. The van der Waals surface area contributed by atoms with Crippen LogP contribution in [0.1, 0.15) is 18.1 Å².